The number of imidazole rings is 1. The molecule has 14 heteroatoms. The number of aryl methyl sites for hydroxylation is 1. The maximum atomic E-state index is 14.2. The standard InChI is InChI=1S/C19H19FN10O2S/c1-13-22-17(11-18(23-13)29-5-4-21-12-29)28-6-8-30(9-7-28)33(31,32)14-2-3-16(20)15(10-14)19-24-26-27-25-19/h2-5,10-12H,6-9H2,1H3,(H,24,25,26,27). The molecule has 0 saturated carbocycles. The molecule has 33 heavy (non-hydrogen) atoms. The van der Waals surface area contributed by atoms with Gasteiger partial charge in [-0.3, -0.25) is 4.57 Å². The summed E-state index contributed by atoms with van der Waals surface area (Å²) in [4.78, 5) is 15.0. The molecule has 1 saturated heterocycles. The molecule has 1 aliphatic heterocycles. The van der Waals surface area contributed by atoms with Crippen LogP contribution in [0.25, 0.3) is 17.2 Å². The van der Waals surface area contributed by atoms with E-state index in [4.69, 9.17) is 0 Å². The molecular formula is C19H19FN10O2S. The van der Waals surface area contributed by atoms with Crippen LogP contribution < -0.4 is 4.90 Å². The second-order valence-corrected chi connectivity index (χ2v) is 9.31. The van der Waals surface area contributed by atoms with Crippen LogP contribution in [0, 0.1) is 12.7 Å². The smallest absolute Gasteiger partial charge is 0.243 e. The van der Waals surface area contributed by atoms with Crippen molar-refractivity contribution in [2.45, 2.75) is 11.8 Å². The van der Waals surface area contributed by atoms with Crippen LogP contribution in [0.4, 0.5) is 10.2 Å². The topological polar surface area (TPSA) is 139 Å². The fraction of sp³-hybridized carbons (Fsp3) is 0.263. The minimum atomic E-state index is -3.84. The van der Waals surface area contributed by atoms with Crippen molar-refractivity contribution in [3.63, 3.8) is 0 Å². The Morgan fingerprint density at radius 3 is 2.55 bits per heavy atom. The number of rotatable bonds is 5. The van der Waals surface area contributed by atoms with Gasteiger partial charge in [0.2, 0.25) is 15.8 Å². The number of aromatic amines is 1. The number of hydrogen-bond acceptors (Lipinski definition) is 9. The number of sulfonamides is 1. The molecule has 3 aromatic heterocycles. The maximum Gasteiger partial charge on any atom is 0.243 e. The van der Waals surface area contributed by atoms with Gasteiger partial charge in [0.1, 0.15) is 29.6 Å². The molecule has 12 nitrogen and oxygen atoms in total. The minimum Gasteiger partial charge on any atom is -0.354 e. The number of hydrogen-bond donors (Lipinski definition) is 1. The largest absolute Gasteiger partial charge is 0.354 e. The van der Waals surface area contributed by atoms with Crippen LogP contribution in [0.15, 0.2) is 47.9 Å². The number of piperazine rings is 1. The van der Waals surface area contributed by atoms with Crippen molar-refractivity contribution in [1.82, 2.24) is 44.4 Å². The molecular weight excluding hydrogens is 451 g/mol. The fourth-order valence-corrected chi connectivity index (χ4v) is 5.09. The monoisotopic (exact) mass is 470 g/mol. The van der Waals surface area contributed by atoms with Crippen molar-refractivity contribution in [3.05, 3.63) is 54.6 Å². The lowest BCUT2D eigenvalue weighted by molar-refractivity contribution is 0.383. The summed E-state index contributed by atoms with van der Waals surface area (Å²) in [6.07, 6.45) is 5.11. The Kier molecular flexibility index (Phi) is 5.30. The Morgan fingerprint density at radius 2 is 1.85 bits per heavy atom. The molecule has 0 spiro atoms. The molecule has 170 valence electrons. The number of anilines is 1. The molecule has 1 aromatic carbocycles. The summed E-state index contributed by atoms with van der Waals surface area (Å²) in [6, 6.07) is 5.41. The quantitative estimate of drug-likeness (QED) is 0.449. The SMILES string of the molecule is Cc1nc(N2CCN(S(=O)(=O)c3ccc(F)c(-c4nn[nH]n4)c3)CC2)cc(-n2ccnc2)n1. The zero-order valence-electron chi connectivity index (χ0n) is 17.5. The number of tetrazole rings is 1. The first-order valence-electron chi connectivity index (χ1n) is 10.0. The first-order chi connectivity index (χ1) is 15.9. The number of H-pyrrole nitrogens is 1. The van der Waals surface area contributed by atoms with Gasteiger partial charge < -0.3 is 4.90 Å². The van der Waals surface area contributed by atoms with Gasteiger partial charge in [-0.15, -0.1) is 10.2 Å². The average Bonchev–Trinajstić information content (AvgIpc) is 3.54. The highest BCUT2D eigenvalue weighted by atomic mass is 32.2. The van der Waals surface area contributed by atoms with Crippen molar-refractivity contribution in [2.75, 3.05) is 31.1 Å². The van der Waals surface area contributed by atoms with Crippen molar-refractivity contribution in [2.24, 2.45) is 0 Å². The van der Waals surface area contributed by atoms with E-state index in [-0.39, 0.29) is 29.4 Å². The van der Waals surface area contributed by atoms with Crippen molar-refractivity contribution < 1.29 is 12.8 Å². The summed E-state index contributed by atoms with van der Waals surface area (Å²) >= 11 is 0. The zero-order chi connectivity index (χ0) is 23.0. The van der Waals surface area contributed by atoms with Crippen molar-refractivity contribution in [1.29, 1.82) is 0 Å². The lowest BCUT2D eigenvalue weighted by Crippen LogP contribution is -2.49. The Morgan fingerprint density at radius 1 is 1.06 bits per heavy atom. The van der Waals surface area contributed by atoms with E-state index in [2.05, 4.69) is 35.6 Å². The van der Waals surface area contributed by atoms with Gasteiger partial charge in [-0.2, -0.15) is 9.52 Å². The third-order valence-electron chi connectivity index (χ3n) is 5.30. The molecule has 0 radical (unpaired) electrons. The van der Waals surface area contributed by atoms with Crippen LogP contribution in [0.3, 0.4) is 0 Å². The molecule has 5 rings (SSSR count). The third kappa shape index (κ3) is 4.05. The minimum absolute atomic E-state index is 0.0119. The van der Waals surface area contributed by atoms with Gasteiger partial charge >= 0.3 is 0 Å². The van der Waals surface area contributed by atoms with E-state index >= 15 is 0 Å². The Labute approximate surface area is 188 Å². The molecule has 1 N–H and O–H groups in total. The highest BCUT2D eigenvalue weighted by molar-refractivity contribution is 7.89. The third-order valence-corrected chi connectivity index (χ3v) is 7.20. The van der Waals surface area contributed by atoms with Gasteiger partial charge in [-0.25, -0.2) is 27.8 Å². The number of benzene rings is 1. The fourth-order valence-electron chi connectivity index (χ4n) is 3.64. The van der Waals surface area contributed by atoms with Gasteiger partial charge in [-0.1, -0.05) is 0 Å². The molecule has 4 heterocycles. The molecule has 0 unspecified atom stereocenters. The number of halogens is 1. The molecule has 0 bridgehead atoms. The van der Waals surface area contributed by atoms with Crippen molar-refractivity contribution >= 4 is 15.8 Å². The average molecular weight is 470 g/mol. The van der Waals surface area contributed by atoms with E-state index in [1.807, 2.05) is 11.0 Å². The summed E-state index contributed by atoms with van der Waals surface area (Å²) in [5.41, 5.74) is -0.0352. The van der Waals surface area contributed by atoms with E-state index in [1.54, 1.807) is 30.2 Å². The first kappa shape index (κ1) is 21.1. The van der Waals surface area contributed by atoms with Gasteiger partial charge in [-0.05, 0) is 30.3 Å². The Bertz CT molecular complexity index is 1370. The number of aromatic nitrogens is 8. The van der Waals surface area contributed by atoms with Crippen LogP contribution in [0.5, 0.6) is 0 Å². The highest BCUT2D eigenvalue weighted by Gasteiger charge is 2.30. The first-order valence-corrected chi connectivity index (χ1v) is 11.5. The van der Waals surface area contributed by atoms with E-state index < -0.39 is 15.8 Å². The molecule has 1 fully saturated rings. The predicted molar refractivity (Wildman–Crippen MR) is 114 cm³/mol. The van der Waals surface area contributed by atoms with Crippen molar-refractivity contribution in [3.8, 4) is 17.2 Å². The summed E-state index contributed by atoms with van der Waals surface area (Å²) in [7, 11) is -3.84. The second kappa shape index (κ2) is 8.29. The van der Waals surface area contributed by atoms with Crippen LogP contribution in [0.2, 0.25) is 0 Å². The predicted octanol–water partition coefficient (Wildman–Crippen LogP) is 0.801. The van der Waals surface area contributed by atoms with E-state index in [0.29, 0.717) is 30.5 Å². The second-order valence-electron chi connectivity index (χ2n) is 7.37. The molecule has 0 amide bonds. The highest BCUT2D eigenvalue weighted by Crippen LogP contribution is 2.26. The van der Waals surface area contributed by atoms with Crippen LogP contribution in [-0.4, -0.2) is 79.0 Å². The molecule has 0 atom stereocenters. The Balaban J connectivity index is 1.35. The normalized spacial score (nSPS) is 15.2. The van der Waals surface area contributed by atoms with Gasteiger partial charge in [0.25, 0.3) is 0 Å². The summed E-state index contributed by atoms with van der Waals surface area (Å²) < 4.78 is 43.8. The summed E-state index contributed by atoms with van der Waals surface area (Å²) in [5, 5.41) is 13.1. The lowest BCUT2D eigenvalue weighted by atomic mass is 10.2. The van der Waals surface area contributed by atoms with Gasteiger partial charge in [0.05, 0.1) is 10.5 Å². The summed E-state index contributed by atoms with van der Waals surface area (Å²) in [6.45, 7) is 3.19. The number of nitrogens with one attached hydrogen (secondary N) is 1. The number of nitrogens with zero attached hydrogens (tertiary/aromatic N) is 9. The van der Waals surface area contributed by atoms with Gasteiger partial charge in [0, 0.05) is 44.6 Å². The van der Waals surface area contributed by atoms with E-state index in [0.717, 1.165) is 6.07 Å². The molecule has 0 aliphatic carbocycles. The lowest BCUT2D eigenvalue weighted by Gasteiger charge is -2.34. The van der Waals surface area contributed by atoms with Gasteiger partial charge in [0.15, 0.2) is 0 Å². The van der Waals surface area contributed by atoms with Crippen LogP contribution in [-0.2, 0) is 10.0 Å². The van der Waals surface area contributed by atoms with E-state index in [1.165, 1.54) is 16.4 Å². The molecule has 1 aliphatic rings. The van der Waals surface area contributed by atoms with Crippen LogP contribution in [0.1, 0.15) is 5.82 Å². The molecule has 4 aromatic rings. The maximum absolute atomic E-state index is 14.2. The van der Waals surface area contributed by atoms with E-state index in [9.17, 15) is 12.8 Å². The zero-order valence-corrected chi connectivity index (χ0v) is 18.3. The van der Waals surface area contributed by atoms with Crippen LogP contribution >= 0.6 is 0 Å². The Hall–Kier alpha value is -3.78. The summed E-state index contributed by atoms with van der Waals surface area (Å²) in [5.74, 6) is 1.36.